The first kappa shape index (κ1) is 18.0. The summed E-state index contributed by atoms with van der Waals surface area (Å²) in [7, 11) is 0. The van der Waals surface area contributed by atoms with Gasteiger partial charge in [-0.1, -0.05) is 30.3 Å². The van der Waals surface area contributed by atoms with Crippen molar-refractivity contribution in [2.75, 3.05) is 0 Å². The van der Waals surface area contributed by atoms with E-state index in [1.54, 1.807) is 48.8 Å². The van der Waals surface area contributed by atoms with Gasteiger partial charge < -0.3 is 11.1 Å². The van der Waals surface area contributed by atoms with Gasteiger partial charge in [0.2, 0.25) is 5.78 Å². The predicted molar refractivity (Wildman–Crippen MR) is 97.0 cm³/mol. The summed E-state index contributed by atoms with van der Waals surface area (Å²) in [4.78, 5) is 40.3. The highest BCUT2D eigenvalue weighted by molar-refractivity contribution is 6.38. The van der Waals surface area contributed by atoms with E-state index in [-0.39, 0.29) is 12.1 Å². The lowest BCUT2D eigenvalue weighted by atomic mass is 10.0. The first-order valence-electron chi connectivity index (χ1n) is 8.19. The topological polar surface area (TPSA) is 120 Å². The first-order valence-corrected chi connectivity index (χ1v) is 8.19. The summed E-state index contributed by atoms with van der Waals surface area (Å²) < 4.78 is 1.40. The minimum Gasteiger partial charge on any atom is -0.363 e. The lowest BCUT2D eigenvalue weighted by Crippen LogP contribution is -2.47. The summed E-state index contributed by atoms with van der Waals surface area (Å²) in [5, 5.41) is 6.71. The normalized spacial score (nSPS) is 11.6. The number of nitrogens with two attached hydrogens (primary N) is 1. The second kappa shape index (κ2) is 8.05. The van der Waals surface area contributed by atoms with Crippen LogP contribution in [0.1, 0.15) is 16.1 Å². The van der Waals surface area contributed by atoms with Crippen LogP contribution in [0.4, 0.5) is 0 Å². The Bertz CT molecular complexity index is 954. The van der Waals surface area contributed by atoms with Crippen LogP contribution in [0.2, 0.25) is 0 Å². The van der Waals surface area contributed by atoms with E-state index in [1.165, 1.54) is 16.9 Å². The number of ketones is 1. The molecule has 0 bridgehead atoms. The molecule has 0 radical (unpaired) electrons. The number of pyridine rings is 1. The average Bonchev–Trinajstić information content (AvgIpc) is 3.18. The molecular formula is C19H17N5O3. The van der Waals surface area contributed by atoms with Crippen molar-refractivity contribution in [2.45, 2.75) is 12.5 Å². The zero-order chi connectivity index (χ0) is 19.2. The summed E-state index contributed by atoms with van der Waals surface area (Å²) in [6, 6.07) is 12.9. The Kier molecular flexibility index (Phi) is 5.36. The molecule has 0 aliphatic rings. The Morgan fingerprint density at radius 1 is 1.04 bits per heavy atom. The van der Waals surface area contributed by atoms with E-state index in [0.717, 1.165) is 5.56 Å². The zero-order valence-electron chi connectivity index (χ0n) is 14.3. The maximum Gasteiger partial charge on any atom is 0.287 e. The number of benzene rings is 1. The molecule has 0 spiro atoms. The standard InChI is InChI=1S/C19H17N5O3/c20-18(26)17(25)15(11-13-5-2-1-3-6-13)23-19(27)16-8-10-22-24(16)14-7-4-9-21-12-14/h1-10,12,15H,11H2,(H2,20,26)(H,23,27). The number of primary amides is 1. The van der Waals surface area contributed by atoms with Crippen molar-refractivity contribution < 1.29 is 14.4 Å². The number of aromatic nitrogens is 3. The summed E-state index contributed by atoms with van der Waals surface area (Å²) in [6.07, 6.45) is 4.77. The van der Waals surface area contributed by atoms with Crippen molar-refractivity contribution >= 4 is 17.6 Å². The van der Waals surface area contributed by atoms with Crippen LogP contribution in [0.3, 0.4) is 0 Å². The fourth-order valence-corrected chi connectivity index (χ4v) is 2.62. The largest absolute Gasteiger partial charge is 0.363 e. The molecule has 1 unspecified atom stereocenters. The van der Waals surface area contributed by atoms with Crippen LogP contribution in [0.25, 0.3) is 5.69 Å². The van der Waals surface area contributed by atoms with Crippen molar-refractivity contribution in [2.24, 2.45) is 5.73 Å². The number of nitrogens with one attached hydrogen (secondary N) is 1. The molecule has 0 fully saturated rings. The third-order valence-electron chi connectivity index (χ3n) is 3.91. The highest BCUT2D eigenvalue weighted by Gasteiger charge is 2.27. The molecule has 2 aromatic heterocycles. The van der Waals surface area contributed by atoms with Gasteiger partial charge in [0.25, 0.3) is 11.8 Å². The van der Waals surface area contributed by atoms with Crippen LogP contribution in [0, 0.1) is 0 Å². The Hall–Kier alpha value is -3.81. The highest BCUT2D eigenvalue weighted by Crippen LogP contribution is 2.10. The molecule has 0 aliphatic carbocycles. The molecule has 3 rings (SSSR count). The van der Waals surface area contributed by atoms with Gasteiger partial charge in [-0.3, -0.25) is 19.4 Å². The Morgan fingerprint density at radius 2 is 1.81 bits per heavy atom. The van der Waals surface area contributed by atoms with Crippen LogP contribution in [-0.2, 0) is 16.0 Å². The van der Waals surface area contributed by atoms with Crippen molar-refractivity contribution in [1.29, 1.82) is 0 Å². The number of nitrogens with zero attached hydrogens (tertiary/aromatic N) is 3. The highest BCUT2D eigenvalue weighted by atomic mass is 16.2. The van der Waals surface area contributed by atoms with Gasteiger partial charge in [0.05, 0.1) is 18.1 Å². The fourth-order valence-electron chi connectivity index (χ4n) is 2.62. The van der Waals surface area contributed by atoms with E-state index >= 15 is 0 Å². The smallest absolute Gasteiger partial charge is 0.287 e. The maximum atomic E-state index is 12.7. The van der Waals surface area contributed by atoms with Gasteiger partial charge in [0.1, 0.15) is 11.7 Å². The molecule has 8 nitrogen and oxygen atoms in total. The molecule has 8 heteroatoms. The third-order valence-corrected chi connectivity index (χ3v) is 3.91. The van der Waals surface area contributed by atoms with Gasteiger partial charge >= 0.3 is 0 Å². The van der Waals surface area contributed by atoms with Gasteiger partial charge in [-0.2, -0.15) is 5.10 Å². The monoisotopic (exact) mass is 363 g/mol. The second-order valence-electron chi connectivity index (χ2n) is 5.78. The molecule has 3 N–H and O–H groups in total. The molecule has 2 heterocycles. The number of amides is 2. The zero-order valence-corrected chi connectivity index (χ0v) is 14.3. The van der Waals surface area contributed by atoms with E-state index in [1.807, 2.05) is 6.07 Å². The van der Waals surface area contributed by atoms with Gasteiger partial charge in [0.15, 0.2) is 0 Å². The minimum atomic E-state index is -1.10. The number of rotatable bonds is 7. The average molecular weight is 363 g/mol. The molecule has 3 aromatic rings. The van der Waals surface area contributed by atoms with Crippen molar-refractivity contribution in [3.8, 4) is 5.69 Å². The van der Waals surface area contributed by atoms with Crippen LogP contribution in [0.5, 0.6) is 0 Å². The number of carbonyl (C=O) groups excluding carboxylic acids is 3. The molecule has 1 aromatic carbocycles. The van der Waals surface area contributed by atoms with Gasteiger partial charge in [-0.05, 0) is 23.8 Å². The molecule has 1 atom stereocenters. The summed E-state index contributed by atoms with van der Waals surface area (Å²) in [5.74, 6) is -2.51. The third kappa shape index (κ3) is 4.24. The van der Waals surface area contributed by atoms with Crippen molar-refractivity contribution in [1.82, 2.24) is 20.1 Å². The number of hydrogen-bond acceptors (Lipinski definition) is 5. The minimum absolute atomic E-state index is 0.148. The van der Waals surface area contributed by atoms with Gasteiger partial charge in [0, 0.05) is 12.6 Å². The van der Waals surface area contributed by atoms with Crippen LogP contribution in [-0.4, -0.2) is 38.4 Å². The molecule has 27 heavy (non-hydrogen) atoms. The van der Waals surface area contributed by atoms with E-state index < -0.39 is 23.6 Å². The molecule has 136 valence electrons. The lowest BCUT2D eigenvalue weighted by Gasteiger charge is -2.17. The van der Waals surface area contributed by atoms with Crippen LogP contribution in [0.15, 0.2) is 67.1 Å². The SMILES string of the molecule is NC(=O)C(=O)C(Cc1ccccc1)NC(=O)c1ccnn1-c1cccnc1. The van der Waals surface area contributed by atoms with E-state index in [2.05, 4.69) is 15.4 Å². The summed E-state index contributed by atoms with van der Waals surface area (Å²) >= 11 is 0. The summed E-state index contributed by atoms with van der Waals surface area (Å²) in [6.45, 7) is 0. The number of carbonyl (C=O) groups is 3. The molecule has 0 saturated carbocycles. The van der Waals surface area contributed by atoms with Gasteiger partial charge in [-0.15, -0.1) is 0 Å². The number of Topliss-reactive ketones (excluding diaryl/α,β-unsaturated/α-hetero) is 1. The van der Waals surface area contributed by atoms with E-state index in [4.69, 9.17) is 5.73 Å². The maximum absolute atomic E-state index is 12.7. The second-order valence-corrected chi connectivity index (χ2v) is 5.78. The Labute approximate surface area is 155 Å². The number of hydrogen-bond donors (Lipinski definition) is 2. The van der Waals surface area contributed by atoms with E-state index in [0.29, 0.717) is 5.69 Å². The van der Waals surface area contributed by atoms with Crippen molar-refractivity contribution in [3.05, 3.63) is 78.4 Å². The predicted octanol–water partition coefficient (Wildman–Crippen LogP) is 0.663. The van der Waals surface area contributed by atoms with Gasteiger partial charge in [-0.25, -0.2) is 4.68 Å². The first-order chi connectivity index (χ1) is 13.1. The fraction of sp³-hybridized carbons (Fsp3) is 0.105. The molecule has 2 amide bonds. The van der Waals surface area contributed by atoms with Crippen LogP contribution >= 0.6 is 0 Å². The Morgan fingerprint density at radius 3 is 2.48 bits per heavy atom. The molecule has 0 saturated heterocycles. The van der Waals surface area contributed by atoms with Crippen molar-refractivity contribution in [3.63, 3.8) is 0 Å². The van der Waals surface area contributed by atoms with Crippen LogP contribution < -0.4 is 11.1 Å². The van der Waals surface area contributed by atoms with E-state index in [9.17, 15) is 14.4 Å². The molecular weight excluding hydrogens is 346 g/mol. The quantitative estimate of drug-likeness (QED) is 0.598. The summed E-state index contributed by atoms with van der Waals surface area (Å²) in [5.41, 5.74) is 6.73. The molecule has 0 aliphatic heterocycles. The Balaban J connectivity index is 1.84. The lowest BCUT2D eigenvalue weighted by molar-refractivity contribution is -0.137.